The van der Waals surface area contributed by atoms with Crippen LogP contribution in [-0.4, -0.2) is 23.9 Å². The number of hydrogen-bond acceptors (Lipinski definition) is 1. The second-order valence-electron chi connectivity index (χ2n) is 5.37. The van der Waals surface area contributed by atoms with Crippen molar-refractivity contribution < 1.29 is 4.79 Å². The molecular formula is C15H21NO. The fourth-order valence-electron chi connectivity index (χ4n) is 2.65. The summed E-state index contributed by atoms with van der Waals surface area (Å²) in [6, 6.07) is 6.10. The molecule has 0 saturated carbocycles. The van der Waals surface area contributed by atoms with Crippen LogP contribution < -0.4 is 0 Å². The summed E-state index contributed by atoms with van der Waals surface area (Å²) in [6.07, 6.45) is 2.38. The van der Waals surface area contributed by atoms with Crippen LogP contribution in [0.2, 0.25) is 0 Å². The van der Waals surface area contributed by atoms with Crippen LogP contribution in [0.4, 0.5) is 0 Å². The van der Waals surface area contributed by atoms with E-state index in [1.54, 1.807) is 0 Å². The number of nitrogens with zero attached hydrogens (tertiary/aromatic N) is 1. The summed E-state index contributed by atoms with van der Waals surface area (Å²) in [7, 11) is 0. The Morgan fingerprint density at radius 1 is 1.24 bits per heavy atom. The van der Waals surface area contributed by atoms with Crippen molar-refractivity contribution in [3.8, 4) is 0 Å². The van der Waals surface area contributed by atoms with Crippen LogP contribution in [0.5, 0.6) is 0 Å². The van der Waals surface area contributed by atoms with Crippen molar-refractivity contribution in [3.05, 3.63) is 34.9 Å². The third kappa shape index (κ3) is 2.87. The Balaban J connectivity index is 2.18. The van der Waals surface area contributed by atoms with Gasteiger partial charge in [-0.3, -0.25) is 4.79 Å². The Hall–Kier alpha value is -1.31. The molecule has 2 rings (SSSR count). The highest BCUT2D eigenvalue weighted by atomic mass is 16.2. The second-order valence-corrected chi connectivity index (χ2v) is 5.37. The van der Waals surface area contributed by atoms with Crippen molar-refractivity contribution >= 4 is 5.91 Å². The quantitative estimate of drug-likeness (QED) is 0.727. The van der Waals surface area contributed by atoms with Gasteiger partial charge in [0.1, 0.15) is 0 Å². The van der Waals surface area contributed by atoms with Gasteiger partial charge in [0, 0.05) is 18.7 Å². The molecule has 1 aliphatic heterocycles. The zero-order valence-corrected chi connectivity index (χ0v) is 11.0. The van der Waals surface area contributed by atoms with Crippen molar-refractivity contribution in [2.45, 2.75) is 33.6 Å². The second kappa shape index (κ2) is 4.91. The molecule has 0 radical (unpaired) electrons. The van der Waals surface area contributed by atoms with Gasteiger partial charge in [-0.2, -0.15) is 0 Å². The maximum Gasteiger partial charge on any atom is 0.253 e. The fraction of sp³-hybridized carbons (Fsp3) is 0.533. The number of likely N-dealkylation sites (tertiary alicyclic amines) is 1. The number of piperidine rings is 1. The molecule has 92 valence electrons. The summed E-state index contributed by atoms with van der Waals surface area (Å²) in [5, 5.41) is 0. The van der Waals surface area contributed by atoms with Crippen LogP contribution in [0.15, 0.2) is 18.2 Å². The molecule has 1 heterocycles. The molecule has 1 fully saturated rings. The predicted octanol–water partition coefficient (Wildman–Crippen LogP) is 3.18. The Kier molecular flexibility index (Phi) is 3.51. The monoisotopic (exact) mass is 231 g/mol. The molecule has 0 bridgehead atoms. The van der Waals surface area contributed by atoms with E-state index < -0.39 is 0 Å². The number of carbonyl (C=O) groups excluding carboxylic acids is 1. The first-order chi connectivity index (χ1) is 8.06. The van der Waals surface area contributed by atoms with E-state index in [9.17, 15) is 4.79 Å². The minimum absolute atomic E-state index is 0.198. The normalized spacial score (nSPS) is 20.4. The molecule has 1 amide bonds. The smallest absolute Gasteiger partial charge is 0.253 e. The van der Waals surface area contributed by atoms with Crippen LogP contribution in [0.3, 0.4) is 0 Å². The number of aryl methyl sites for hydroxylation is 2. The van der Waals surface area contributed by atoms with Gasteiger partial charge in [-0.25, -0.2) is 0 Å². The fourth-order valence-corrected chi connectivity index (χ4v) is 2.65. The minimum Gasteiger partial charge on any atom is -0.338 e. The molecule has 0 spiro atoms. The Labute approximate surface area is 104 Å². The van der Waals surface area contributed by atoms with Gasteiger partial charge in [0.25, 0.3) is 5.91 Å². The lowest BCUT2D eigenvalue weighted by atomic mass is 9.99. The van der Waals surface area contributed by atoms with E-state index in [1.165, 1.54) is 17.5 Å². The minimum atomic E-state index is 0.198. The summed E-state index contributed by atoms with van der Waals surface area (Å²) in [6.45, 7) is 8.13. The highest BCUT2D eigenvalue weighted by Crippen LogP contribution is 2.19. The lowest BCUT2D eigenvalue weighted by Crippen LogP contribution is -2.39. The SMILES string of the molecule is Cc1cc(C)cc(C(=O)N2CCCC(C)C2)c1. The molecule has 0 aliphatic carbocycles. The molecule has 1 aromatic carbocycles. The highest BCUT2D eigenvalue weighted by molar-refractivity contribution is 5.94. The molecule has 2 nitrogen and oxygen atoms in total. The lowest BCUT2D eigenvalue weighted by Gasteiger charge is -2.31. The van der Waals surface area contributed by atoms with E-state index in [-0.39, 0.29) is 5.91 Å². The highest BCUT2D eigenvalue weighted by Gasteiger charge is 2.22. The first-order valence-corrected chi connectivity index (χ1v) is 6.44. The van der Waals surface area contributed by atoms with E-state index in [1.807, 2.05) is 30.9 Å². The van der Waals surface area contributed by atoms with Gasteiger partial charge in [0.2, 0.25) is 0 Å². The molecule has 1 aromatic rings. The summed E-state index contributed by atoms with van der Waals surface area (Å²) in [4.78, 5) is 14.4. The van der Waals surface area contributed by atoms with Gasteiger partial charge in [0.05, 0.1) is 0 Å². The maximum atomic E-state index is 12.4. The first-order valence-electron chi connectivity index (χ1n) is 6.44. The summed E-state index contributed by atoms with van der Waals surface area (Å²) >= 11 is 0. The number of benzene rings is 1. The maximum absolute atomic E-state index is 12.4. The van der Waals surface area contributed by atoms with E-state index >= 15 is 0 Å². The standard InChI is InChI=1S/C15H21NO/c1-11-5-4-6-16(10-11)15(17)14-8-12(2)7-13(3)9-14/h7-9,11H,4-6,10H2,1-3H3. The van der Waals surface area contributed by atoms with Crippen molar-refractivity contribution in [3.63, 3.8) is 0 Å². The number of amides is 1. The number of rotatable bonds is 1. The van der Waals surface area contributed by atoms with E-state index in [4.69, 9.17) is 0 Å². The predicted molar refractivity (Wildman–Crippen MR) is 70.2 cm³/mol. The van der Waals surface area contributed by atoms with Crippen LogP contribution in [0.1, 0.15) is 41.3 Å². The van der Waals surface area contributed by atoms with E-state index in [0.29, 0.717) is 5.92 Å². The molecular weight excluding hydrogens is 210 g/mol. The van der Waals surface area contributed by atoms with Gasteiger partial charge in [-0.05, 0) is 44.7 Å². The van der Waals surface area contributed by atoms with Crippen LogP contribution >= 0.6 is 0 Å². The van der Waals surface area contributed by atoms with Crippen LogP contribution in [0, 0.1) is 19.8 Å². The van der Waals surface area contributed by atoms with Crippen molar-refractivity contribution in [2.24, 2.45) is 5.92 Å². The van der Waals surface area contributed by atoms with Gasteiger partial charge in [-0.15, -0.1) is 0 Å². The summed E-state index contributed by atoms with van der Waals surface area (Å²) in [5.41, 5.74) is 3.17. The molecule has 0 aromatic heterocycles. The molecule has 1 unspecified atom stereocenters. The molecule has 1 saturated heterocycles. The van der Waals surface area contributed by atoms with Gasteiger partial charge >= 0.3 is 0 Å². The van der Waals surface area contributed by atoms with E-state index in [0.717, 1.165) is 25.1 Å². The average molecular weight is 231 g/mol. The Bertz CT molecular complexity index is 405. The third-order valence-electron chi connectivity index (χ3n) is 3.41. The summed E-state index contributed by atoms with van der Waals surface area (Å²) in [5.74, 6) is 0.835. The van der Waals surface area contributed by atoms with E-state index in [2.05, 4.69) is 13.0 Å². The van der Waals surface area contributed by atoms with Crippen LogP contribution in [0.25, 0.3) is 0 Å². The van der Waals surface area contributed by atoms with Crippen molar-refractivity contribution in [1.82, 2.24) is 4.90 Å². The van der Waals surface area contributed by atoms with Gasteiger partial charge < -0.3 is 4.90 Å². The van der Waals surface area contributed by atoms with Crippen molar-refractivity contribution in [2.75, 3.05) is 13.1 Å². The van der Waals surface area contributed by atoms with Crippen LogP contribution in [-0.2, 0) is 0 Å². The van der Waals surface area contributed by atoms with Crippen molar-refractivity contribution in [1.29, 1.82) is 0 Å². The molecule has 2 heteroatoms. The van der Waals surface area contributed by atoms with Gasteiger partial charge in [0.15, 0.2) is 0 Å². The van der Waals surface area contributed by atoms with Gasteiger partial charge in [-0.1, -0.05) is 24.1 Å². The third-order valence-corrected chi connectivity index (χ3v) is 3.41. The zero-order valence-electron chi connectivity index (χ0n) is 11.0. The number of hydrogen-bond donors (Lipinski definition) is 0. The zero-order chi connectivity index (χ0) is 12.4. The molecule has 1 atom stereocenters. The largest absolute Gasteiger partial charge is 0.338 e. The number of carbonyl (C=O) groups is 1. The Morgan fingerprint density at radius 2 is 1.88 bits per heavy atom. The topological polar surface area (TPSA) is 20.3 Å². The molecule has 0 N–H and O–H groups in total. The Morgan fingerprint density at radius 3 is 2.47 bits per heavy atom. The molecule has 17 heavy (non-hydrogen) atoms. The summed E-state index contributed by atoms with van der Waals surface area (Å²) < 4.78 is 0. The average Bonchev–Trinajstić information content (AvgIpc) is 2.26. The molecule has 1 aliphatic rings. The lowest BCUT2D eigenvalue weighted by molar-refractivity contribution is 0.0683. The first kappa shape index (κ1) is 12.2.